The highest BCUT2D eigenvalue weighted by Gasteiger charge is 2.52. The number of pyridine rings is 1. The van der Waals surface area contributed by atoms with Crippen LogP contribution in [0.15, 0.2) is 121 Å². The average Bonchev–Trinajstić information content (AvgIpc) is 3.13. The van der Waals surface area contributed by atoms with Gasteiger partial charge in [-0.3, -0.25) is 14.3 Å². The highest BCUT2D eigenvalue weighted by molar-refractivity contribution is 7.64. The molecule has 5 aromatic rings. The molecule has 0 bridgehead atoms. The number of carbonyl (C=O) groups is 1. The Morgan fingerprint density at radius 2 is 1.40 bits per heavy atom. The molecule has 0 fully saturated rings. The van der Waals surface area contributed by atoms with Crippen molar-refractivity contribution < 1.29 is 27.8 Å². The van der Waals surface area contributed by atoms with Gasteiger partial charge < -0.3 is 14.1 Å². The van der Waals surface area contributed by atoms with E-state index < -0.39 is 39.2 Å². The third kappa shape index (κ3) is 8.69. The Labute approximate surface area is 307 Å². The van der Waals surface area contributed by atoms with Gasteiger partial charge in [-0.2, -0.15) is 0 Å². The zero-order valence-electron chi connectivity index (χ0n) is 30.5. The van der Waals surface area contributed by atoms with E-state index in [1.165, 1.54) is 19.2 Å². The summed E-state index contributed by atoms with van der Waals surface area (Å²) in [6.07, 6.45) is -1.64. The molecule has 0 saturated heterocycles. The SMILES string of the molecule is COP(=O)(C#Cc1c(-c2ccc(F)cc2)cc(-c2ccccc2)nc1C(C)C)C[C@H](CC(=O)O)O[Si](c1ccccc1)(c1ccccc1)C(C)(C)C. The first-order chi connectivity index (χ1) is 24.8. The maximum atomic E-state index is 14.7. The predicted octanol–water partition coefficient (Wildman–Crippen LogP) is 9.33. The van der Waals surface area contributed by atoms with Gasteiger partial charge in [0, 0.05) is 18.2 Å². The quantitative estimate of drug-likeness (QED) is 0.0782. The van der Waals surface area contributed by atoms with Gasteiger partial charge in [0.1, 0.15) is 5.82 Å². The van der Waals surface area contributed by atoms with Gasteiger partial charge in [-0.15, -0.1) is 0 Å². The molecule has 0 amide bonds. The lowest BCUT2D eigenvalue weighted by molar-refractivity contribution is -0.138. The molecule has 1 heterocycles. The van der Waals surface area contributed by atoms with Crippen LogP contribution < -0.4 is 10.4 Å². The van der Waals surface area contributed by atoms with Crippen molar-refractivity contribution in [3.05, 3.63) is 138 Å². The van der Waals surface area contributed by atoms with Gasteiger partial charge in [-0.25, -0.2) is 4.39 Å². The zero-order valence-corrected chi connectivity index (χ0v) is 32.4. The molecular formula is C43H45FNO5PSi. The van der Waals surface area contributed by atoms with Crippen molar-refractivity contribution in [2.24, 2.45) is 0 Å². The van der Waals surface area contributed by atoms with Crippen molar-refractivity contribution in [2.45, 2.75) is 58.1 Å². The summed E-state index contributed by atoms with van der Waals surface area (Å²) in [7, 11) is -5.75. The normalized spacial score (nSPS) is 13.5. The molecule has 1 aromatic heterocycles. The van der Waals surface area contributed by atoms with E-state index in [1.54, 1.807) is 12.1 Å². The van der Waals surface area contributed by atoms with Gasteiger partial charge in [0.15, 0.2) is 0 Å². The lowest BCUT2D eigenvalue weighted by Gasteiger charge is -2.45. The summed E-state index contributed by atoms with van der Waals surface area (Å²) in [4.78, 5) is 17.4. The first kappa shape index (κ1) is 38.6. The maximum Gasteiger partial charge on any atom is 0.305 e. The van der Waals surface area contributed by atoms with Crippen molar-refractivity contribution in [3.63, 3.8) is 0 Å². The summed E-state index contributed by atoms with van der Waals surface area (Å²) in [6, 6.07) is 37.6. The molecule has 52 heavy (non-hydrogen) atoms. The van der Waals surface area contributed by atoms with Crippen LogP contribution in [0.5, 0.6) is 0 Å². The average molecular weight is 734 g/mol. The van der Waals surface area contributed by atoms with Crippen LogP contribution in [-0.4, -0.2) is 43.8 Å². The third-order valence-corrected chi connectivity index (χ3v) is 16.1. The number of aromatic nitrogens is 1. The fourth-order valence-electron chi connectivity index (χ4n) is 6.58. The van der Waals surface area contributed by atoms with Crippen LogP contribution in [0, 0.1) is 17.4 Å². The number of benzene rings is 4. The second kappa shape index (κ2) is 16.4. The van der Waals surface area contributed by atoms with Crippen LogP contribution in [0.2, 0.25) is 5.04 Å². The van der Waals surface area contributed by atoms with Gasteiger partial charge in [0.05, 0.1) is 35.6 Å². The Kier molecular flexibility index (Phi) is 12.1. The van der Waals surface area contributed by atoms with Crippen LogP contribution >= 0.6 is 7.37 Å². The lowest BCUT2D eigenvalue weighted by Crippen LogP contribution is -2.68. The molecule has 6 nitrogen and oxygen atoms in total. The van der Waals surface area contributed by atoms with Crippen molar-refractivity contribution in [2.75, 3.05) is 13.3 Å². The molecular weight excluding hydrogens is 689 g/mol. The van der Waals surface area contributed by atoms with Crippen molar-refractivity contribution in [1.82, 2.24) is 4.98 Å². The van der Waals surface area contributed by atoms with Gasteiger partial charge >= 0.3 is 5.97 Å². The third-order valence-electron chi connectivity index (χ3n) is 9.07. The van der Waals surface area contributed by atoms with E-state index >= 15 is 0 Å². The minimum atomic E-state index is -3.85. The smallest absolute Gasteiger partial charge is 0.305 e. The summed E-state index contributed by atoms with van der Waals surface area (Å²) in [5.41, 5.74) is 7.25. The Morgan fingerprint density at radius 3 is 1.88 bits per heavy atom. The molecule has 2 atom stereocenters. The van der Waals surface area contributed by atoms with Crippen LogP contribution in [0.1, 0.15) is 58.2 Å². The number of rotatable bonds is 12. The van der Waals surface area contributed by atoms with E-state index in [0.29, 0.717) is 16.8 Å². The van der Waals surface area contributed by atoms with E-state index in [0.717, 1.165) is 27.2 Å². The van der Waals surface area contributed by atoms with Crippen molar-refractivity contribution in [1.29, 1.82) is 0 Å². The standard InChI is InChI=1S/C43H45FNO5PSi/c1-31(2)42-38(39(32-22-24-34(44)25-23-32)29-40(45-42)33-16-10-7-11-17-33)26-27-51(48,49-6)30-35(28-41(46)47)50-52(43(3,4)5,36-18-12-8-13-19-36)37-20-14-9-15-21-37/h7-25,29,31,35H,28,30H2,1-6H3,(H,46,47)/t35-,51?/m0/s1. The number of carboxylic acids is 1. The van der Waals surface area contributed by atoms with Gasteiger partial charge in [-0.1, -0.05) is 144 Å². The topological polar surface area (TPSA) is 85.7 Å². The number of hydrogen-bond donors (Lipinski definition) is 1. The Morgan fingerprint density at radius 1 is 0.865 bits per heavy atom. The highest BCUT2D eigenvalue weighted by Crippen LogP contribution is 2.48. The van der Waals surface area contributed by atoms with E-state index in [4.69, 9.17) is 13.9 Å². The monoisotopic (exact) mass is 733 g/mol. The number of hydrogen-bond acceptors (Lipinski definition) is 5. The van der Waals surface area contributed by atoms with Gasteiger partial charge in [0.25, 0.3) is 15.7 Å². The molecule has 0 radical (unpaired) electrons. The molecule has 0 aliphatic carbocycles. The molecule has 0 aliphatic heterocycles. The summed E-state index contributed by atoms with van der Waals surface area (Å²) in [5, 5.41) is 11.6. The lowest BCUT2D eigenvalue weighted by atomic mass is 9.93. The van der Waals surface area contributed by atoms with Crippen LogP contribution in [0.25, 0.3) is 22.4 Å². The van der Waals surface area contributed by atoms with E-state index in [9.17, 15) is 18.9 Å². The van der Waals surface area contributed by atoms with Crippen LogP contribution in [-0.2, 0) is 18.3 Å². The number of aliphatic carboxylic acids is 1. The summed E-state index contributed by atoms with van der Waals surface area (Å²) >= 11 is 0. The Bertz CT molecular complexity index is 2050. The number of nitrogens with zero attached hydrogens (tertiary/aromatic N) is 1. The molecule has 1 N–H and O–H groups in total. The molecule has 0 aliphatic rings. The van der Waals surface area contributed by atoms with Gasteiger partial charge in [-0.05, 0) is 50.8 Å². The molecule has 5 rings (SSSR count). The predicted molar refractivity (Wildman–Crippen MR) is 210 cm³/mol. The fourth-order valence-corrected chi connectivity index (χ4v) is 12.8. The molecule has 9 heteroatoms. The van der Waals surface area contributed by atoms with Gasteiger partial charge in [0.2, 0.25) is 0 Å². The van der Waals surface area contributed by atoms with Crippen molar-refractivity contribution >= 4 is 32.0 Å². The van der Waals surface area contributed by atoms with Crippen LogP contribution in [0.4, 0.5) is 4.39 Å². The zero-order chi connectivity index (χ0) is 37.5. The Hall–Kier alpha value is -4.64. The minimum absolute atomic E-state index is 0.0765. The largest absolute Gasteiger partial charge is 0.481 e. The number of carboxylic acid groups (broad SMARTS) is 1. The summed E-state index contributed by atoms with van der Waals surface area (Å²) in [6.45, 7) is 10.3. The first-order valence-electron chi connectivity index (χ1n) is 17.3. The molecule has 268 valence electrons. The Balaban J connectivity index is 1.65. The minimum Gasteiger partial charge on any atom is -0.481 e. The maximum absolute atomic E-state index is 14.7. The fraction of sp³-hybridized carbons (Fsp3) is 0.256. The first-order valence-corrected chi connectivity index (χ1v) is 21.0. The highest BCUT2D eigenvalue weighted by atomic mass is 31.2. The molecule has 0 saturated carbocycles. The molecule has 4 aromatic carbocycles. The second-order valence-electron chi connectivity index (χ2n) is 14.1. The molecule has 0 spiro atoms. The van der Waals surface area contributed by atoms with Crippen LogP contribution in [0.3, 0.4) is 0 Å². The van der Waals surface area contributed by atoms with E-state index in [1.807, 2.05) is 111 Å². The van der Waals surface area contributed by atoms with E-state index in [2.05, 4.69) is 32.4 Å². The van der Waals surface area contributed by atoms with E-state index in [-0.39, 0.29) is 17.9 Å². The number of halogens is 1. The molecule has 1 unspecified atom stereocenters. The van der Waals surface area contributed by atoms with Crippen molar-refractivity contribution in [3.8, 4) is 34.0 Å². The summed E-state index contributed by atoms with van der Waals surface area (Å²) in [5.74, 6) is 1.65. The summed E-state index contributed by atoms with van der Waals surface area (Å²) < 4.78 is 41.6. The second-order valence-corrected chi connectivity index (χ2v) is 20.7.